The van der Waals surface area contributed by atoms with Crippen molar-refractivity contribution in [2.75, 3.05) is 20.6 Å². The second-order valence-electron chi connectivity index (χ2n) is 12.9. The molecule has 50 heavy (non-hydrogen) atoms. The van der Waals surface area contributed by atoms with Crippen molar-refractivity contribution in [2.45, 2.75) is 81.6 Å². The van der Waals surface area contributed by atoms with Crippen LogP contribution in [0.2, 0.25) is 0 Å². The minimum absolute atomic E-state index is 0.0390. The Balaban J connectivity index is 1.54. The summed E-state index contributed by atoms with van der Waals surface area (Å²) < 4.78 is 0. The first-order valence-electron chi connectivity index (χ1n) is 15.9. The summed E-state index contributed by atoms with van der Waals surface area (Å²) in [5, 5.41) is 50.9. The zero-order valence-electron chi connectivity index (χ0n) is 28.0. The number of carboxylic acids is 1. The fraction of sp³-hybridized carbons (Fsp3) is 0.531. The van der Waals surface area contributed by atoms with Gasteiger partial charge in [-0.1, -0.05) is 18.2 Å². The van der Waals surface area contributed by atoms with Gasteiger partial charge in [-0.25, -0.2) is 4.79 Å². The number of allylic oxidation sites excluding steroid dienone is 2. The number of aliphatic hydroxyl groups is 3. The molecule has 1 aliphatic heterocycles. The number of carboxylic acid groups (broad SMARTS) is 1. The third-order valence-electron chi connectivity index (χ3n) is 9.54. The third-order valence-corrected chi connectivity index (χ3v) is 9.54. The molecule has 1 fully saturated rings. The summed E-state index contributed by atoms with van der Waals surface area (Å²) in [6.45, 7) is 1.85. The van der Waals surface area contributed by atoms with Crippen LogP contribution < -0.4 is 27.0 Å². The zero-order chi connectivity index (χ0) is 37.2. The zero-order valence-corrected chi connectivity index (χ0v) is 28.0. The molecule has 0 spiro atoms. The number of carbonyl (C=O) groups is 7. The first-order valence-corrected chi connectivity index (χ1v) is 15.9. The van der Waals surface area contributed by atoms with Crippen LogP contribution in [0.4, 0.5) is 0 Å². The lowest BCUT2D eigenvalue weighted by molar-refractivity contribution is -0.143. The lowest BCUT2D eigenvalue weighted by atomic mass is 9.79. The summed E-state index contributed by atoms with van der Waals surface area (Å²) in [7, 11) is 2.61. The van der Waals surface area contributed by atoms with Crippen LogP contribution in [0.25, 0.3) is 0 Å². The number of nitrogens with zero attached hydrogens (tertiary/aromatic N) is 2. The van der Waals surface area contributed by atoms with Crippen LogP contribution in [0.1, 0.15) is 39.5 Å². The molecule has 0 saturated heterocycles. The average Bonchev–Trinajstić information content (AvgIpc) is 3.75. The van der Waals surface area contributed by atoms with Gasteiger partial charge in [-0.3, -0.25) is 28.8 Å². The van der Waals surface area contributed by atoms with Gasteiger partial charge in [-0.05, 0) is 37.0 Å². The highest BCUT2D eigenvalue weighted by molar-refractivity contribution is 5.98. The van der Waals surface area contributed by atoms with Gasteiger partial charge >= 0.3 is 5.97 Å². The standard InChI is InChI=1S/C32H43N7O11/c1-14-27(45)36-20(30(48)49)10-16-5-7-21(41)18(9-16)19-11-17(6-8-22(19)42)25(28(46)35-14)38(3)24(44)13-34-29(47)26(33)37-31(50)32(12-23(32)43)39(4)15(2)40/h5-6,8-9,14,17,20-21,23,25-26,41-43H,7,10-13,33H2,1-4H3,(H,34,47)(H,35,46)(H,36,45)(H,37,50)(H,48,49)/t14-,17?,20-,21?,23-,25-,26-,32?/m0/s1. The molecule has 1 heterocycles. The van der Waals surface area contributed by atoms with E-state index < -0.39 is 95.9 Å². The van der Waals surface area contributed by atoms with Gasteiger partial charge < -0.3 is 57.2 Å². The van der Waals surface area contributed by atoms with E-state index in [1.54, 1.807) is 12.2 Å². The molecule has 3 unspecified atom stereocenters. The number of nitrogens with two attached hydrogens (primary N) is 1. The van der Waals surface area contributed by atoms with Gasteiger partial charge in [-0.2, -0.15) is 0 Å². The van der Waals surface area contributed by atoms with Crippen molar-refractivity contribution < 1.29 is 54.0 Å². The molecule has 18 nitrogen and oxygen atoms in total. The van der Waals surface area contributed by atoms with Crippen molar-refractivity contribution in [3.8, 4) is 0 Å². The Labute approximate surface area is 287 Å². The number of fused-ring (bicyclic) bond motifs is 4. The van der Waals surface area contributed by atoms with Crippen molar-refractivity contribution in [2.24, 2.45) is 11.7 Å². The molecule has 4 bridgehead atoms. The summed E-state index contributed by atoms with van der Waals surface area (Å²) >= 11 is 0. The second kappa shape index (κ2) is 14.8. The predicted octanol–water partition coefficient (Wildman–Crippen LogP) is -3.20. The minimum atomic E-state index is -1.68. The lowest BCUT2D eigenvalue weighted by Gasteiger charge is -2.36. The molecular weight excluding hydrogens is 658 g/mol. The first-order chi connectivity index (χ1) is 23.4. The van der Waals surface area contributed by atoms with Crippen molar-refractivity contribution in [1.82, 2.24) is 31.1 Å². The van der Waals surface area contributed by atoms with Crippen molar-refractivity contribution >= 4 is 41.4 Å². The normalized spacial score (nSPS) is 29.9. The average molecular weight is 702 g/mol. The quantitative estimate of drug-likeness (QED) is 0.113. The lowest BCUT2D eigenvalue weighted by Crippen LogP contribution is -2.60. The Morgan fingerprint density at radius 3 is 2.36 bits per heavy atom. The molecule has 18 heteroatoms. The molecule has 0 radical (unpaired) electrons. The van der Waals surface area contributed by atoms with E-state index in [9.17, 15) is 54.0 Å². The number of aliphatic hydroxyl groups excluding tert-OH is 3. The summed E-state index contributed by atoms with van der Waals surface area (Å²) in [6, 6.07) is -3.95. The van der Waals surface area contributed by atoms with Crippen molar-refractivity contribution in [3.63, 3.8) is 0 Å². The molecule has 0 aromatic heterocycles. The summed E-state index contributed by atoms with van der Waals surface area (Å²) in [5.41, 5.74) is 5.33. The number of nitrogens with one attached hydrogen (secondary N) is 4. The van der Waals surface area contributed by atoms with E-state index >= 15 is 0 Å². The van der Waals surface area contributed by atoms with Gasteiger partial charge in [0.1, 0.15) is 29.4 Å². The van der Waals surface area contributed by atoms with Crippen LogP contribution in [0.15, 0.2) is 46.8 Å². The molecule has 8 atom stereocenters. The minimum Gasteiger partial charge on any atom is -0.508 e. The monoisotopic (exact) mass is 701 g/mol. The van der Waals surface area contributed by atoms with E-state index in [0.717, 1.165) is 9.80 Å². The maximum absolute atomic E-state index is 13.8. The Kier molecular flexibility index (Phi) is 11.2. The van der Waals surface area contributed by atoms with Crippen LogP contribution in [-0.4, -0.2) is 134 Å². The van der Waals surface area contributed by atoms with E-state index in [1.807, 2.05) is 0 Å². The molecule has 0 aromatic carbocycles. The van der Waals surface area contributed by atoms with Gasteiger partial charge in [0.15, 0.2) is 6.17 Å². The van der Waals surface area contributed by atoms with E-state index in [1.165, 1.54) is 40.1 Å². The topological polar surface area (TPSA) is 281 Å². The molecule has 0 aromatic rings. The predicted molar refractivity (Wildman–Crippen MR) is 173 cm³/mol. The smallest absolute Gasteiger partial charge is 0.326 e. The van der Waals surface area contributed by atoms with Gasteiger partial charge in [0.05, 0.1) is 18.8 Å². The SMILES string of the molecule is CC(=O)N(C)C1(C(=O)N[C@H](N)C(=O)NCC(=O)N(C)[C@@H]2C(=O)N[C@@H](C)C(=O)N[C@H](C(=O)O)CC3=CCC(O)C(=C3)C3=C(O)C=CC2C3)C[C@@H]1O. The Bertz CT molecular complexity index is 1600. The number of likely N-dealkylation sites (N-methyl/N-ethyl adjacent to an activating group) is 2. The number of hydrogen-bond donors (Lipinski definition) is 9. The summed E-state index contributed by atoms with van der Waals surface area (Å²) in [5.74, 6) is -7.07. The fourth-order valence-corrected chi connectivity index (χ4v) is 6.29. The Morgan fingerprint density at radius 1 is 1.10 bits per heavy atom. The first kappa shape index (κ1) is 37.7. The molecule has 3 aliphatic carbocycles. The molecule has 4 rings (SSSR count). The van der Waals surface area contributed by atoms with Crippen LogP contribution >= 0.6 is 0 Å². The van der Waals surface area contributed by atoms with Crippen LogP contribution in [-0.2, 0) is 33.6 Å². The number of aliphatic carboxylic acids is 1. The number of carbonyl (C=O) groups excluding carboxylic acids is 6. The highest BCUT2D eigenvalue weighted by Gasteiger charge is 2.64. The Hall–Kier alpha value is -5.07. The number of rotatable bonds is 8. The summed E-state index contributed by atoms with van der Waals surface area (Å²) in [6.07, 6.45) is 1.97. The van der Waals surface area contributed by atoms with Crippen molar-refractivity contribution in [1.29, 1.82) is 0 Å². The van der Waals surface area contributed by atoms with Gasteiger partial charge in [-0.15, -0.1) is 0 Å². The van der Waals surface area contributed by atoms with Crippen molar-refractivity contribution in [3.05, 3.63) is 46.8 Å². The largest absolute Gasteiger partial charge is 0.508 e. The Morgan fingerprint density at radius 2 is 1.76 bits per heavy atom. The molecular formula is C32H43N7O11. The third kappa shape index (κ3) is 7.71. The molecule has 10 N–H and O–H groups in total. The molecule has 272 valence electrons. The number of amides is 6. The van der Waals surface area contributed by atoms with Gasteiger partial charge in [0.2, 0.25) is 29.5 Å². The van der Waals surface area contributed by atoms with E-state index in [-0.39, 0.29) is 37.0 Å². The van der Waals surface area contributed by atoms with Gasteiger partial charge in [0.25, 0.3) is 5.91 Å². The summed E-state index contributed by atoms with van der Waals surface area (Å²) in [4.78, 5) is 91.7. The molecule has 1 saturated carbocycles. The van der Waals surface area contributed by atoms with E-state index in [2.05, 4.69) is 21.3 Å². The highest BCUT2D eigenvalue weighted by atomic mass is 16.4. The maximum atomic E-state index is 13.8. The van der Waals surface area contributed by atoms with Crippen LogP contribution in [0.3, 0.4) is 0 Å². The van der Waals surface area contributed by atoms with Crippen LogP contribution in [0.5, 0.6) is 0 Å². The van der Waals surface area contributed by atoms with Gasteiger partial charge in [0, 0.05) is 45.4 Å². The van der Waals surface area contributed by atoms with E-state index in [0.29, 0.717) is 11.1 Å². The van der Waals surface area contributed by atoms with Crippen LogP contribution in [0, 0.1) is 5.92 Å². The fourth-order valence-electron chi connectivity index (χ4n) is 6.29. The molecule has 4 aliphatic rings. The molecule has 6 amide bonds. The number of hydrogen-bond acceptors (Lipinski definition) is 11. The maximum Gasteiger partial charge on any atom is 0.326 e. The van der Waals surface area contributed by atoms with E-state index in [4.69, 9.17) is 5.73 Å². The second-order valence-corrected chi connectivity index (χ2v) is 12.9. The highest BCUT2D eigenvalue weighted by Crippen LogP contribution is 2.42.